The molecule has 4 aromatic rings. The molecule has 0 radical (unpaired) electrons. The van der Waals surface area contributed by atoms with Crippen molar-refractivity contribution in [3.8, 4) is 22.6 Å². The van der Waals surface area contributed by atoms with Crippen LogP contribution in [0.1, 0.15) is 5.69 Å². The van der Waals surface area contributed by atoms with Crippen LogP contribution >= 0.6 is 0 Å². The lowest BCUT2D eigenvalue weighted by molar-refractivity contribution is -0.286. The molecule has 0 aliphatic carbocycles. The standard InChI is InChI=1S/C28H24F2N4O4/c29-28(30)37-25-10-7-19(15-26(25)38-28)32-27(35)33-24-9-8-21(22-3-1-2-4-23(22)24)18-5-6-20(31-16-18)17-34-11-13-36-14-12-34/h1-10,15-16H,11-14,17H2,(H2,32,33,35). The van der Waals surface area contributed by atoms with Gasteiger partial charge in [0.1, 0.15) is 0 Å². The van der Waals surface area contributed by atoms with Gasteiger partial charge in [0.25, 0.3) is 0 Å². The van der Waals surface area contributed by atoms with Gasteiger partial charge in [-0.05, 0) is 35.2 Å². The number of benzene rings is 3. The molecule has 0 unspecified atom stereocenters. The molecular weight excluding hydrogens is 494 g/mol. The maximum absolute atomic E-state index is 13.3. The Kier molecular flexibility index (Phi) is 6.26. The van der Waals surface area contributed by atoms with Crippen LogP contribution in [0.5, 0.6) is 11.5 Å². The molecule has 8 nitrogen and oxygen atoms in total. The summed E-state index contributed by atoms with van der Waals surface area (Å²) in [6, 6.07) is 19.2. The normalized spacial score (nSPS) is 16.4. The van der Waals surface area contributed by atoms with Crippen LogP contribution in [0, 0.1) is 0 Å². The number of hydrogen-bond acceptors (Lipinski definition) is 6. The van der Waals surface area contributed by atoms with Crippen LogP contribution < -0.4 is 20.1 Å². The zero-order valence-electron chi connectivity index (χ0n) is 20.2. The Morgan fingerprint density at radius 1 is 0.921 bits per heavy atom. The van der Waals surface area contributed by atoms with Crippen molar-refractivity contribution in [3.05, 3.63) is 78.6 Å². The van der Waals surface area contributed by atoms with E-state index in [4.69, 9.17) is 4.74 Å². The molecule has 10 heteroatoms. The molecule has 194 valence electrons. The molecule has 0 saturated carbocycles. The smallest absolute Gasteiger partial charge is 0.395 e. The van der Waals surface area contributed by atoms with Crippen LogP contribution in [0.4, 0.5) is 25.0 Å². The van der Waals surface area contributed by atoms with Crippen molar-refractivity contribution in [3.63, 3.8) is 0 Å². The lowest BCUT2D eigenvalue weighted by Gasteiger charge is -2.26. The monoisotopic (exact) mass is 518 g/mol. The highest BCUT2D eigenvalue weighted by Crippen LogP contribution is 2.42. The molecule has 0 atom stereocenters. The molecule has 2 aliphatic rings. The number of urea groups is 1. The fourth-order valence-electron chi connectivity index (χ4n) is 4.64. The highest BCUT2D eigenvalue weighted by molar-refractivity contribution is 6.09. The highest BCUT2D eigenvalue weighted by atomic mass is 19.3. The van der Waals surface area contributed by atoms with Gasteiger partial charge in [-0.15, -0.1) is 8.78 Å². The number of aromatic nitrogens is 1. The van der Waals surface area contributed by atoms with Crippen molar-refractivity contribution < 1.29 is 27.8 Å². The van der Waals surface area contributed by atoms with E-state index in [1.54, 1.807) is 0 Å². The summed E-state index contributed by atoms with van der Waals surface area (Å²) < 4.78 is 40.8. The number of carbonyl (C=O) groups excluding carboxylic acids is 1. The Bertz CT molecular complexity index is 1490. The van der Waals surface area contributed by atoms with Gasteiger partial charge >= 0.3 is 12.3 Å². The number of fused-ring (bicyclic) bond motifs is 2. The molecule has 2 N–H and O–H groups in total. The topological polar surface area (TPSA) is 85.0 Å². The first-order valence-electron chi connectivity index (χ1n) is 12.2. The van der Waals surface area contributed by atoms with E-state index in [2.05, 4.69) is 36.1 Å². The number of halogens is 2. The zero-order valence-corrected chi connectivity index (χ0v) is 20.2. The summed E-state index contributed by atoms with van der Waals surface area (Å²) >= 11 is 0. The molecule has 1 saturated heterocycles. The van der Waals surface area contributed by atoms with Crippen LogP contribution in [0.2, 0.25) is 0 Å². The fraction of sp³-hybridized carbons (Fsp3) is 0.214. The number of amides is 2. The van der Waals surface area contributed by atoms with Crippen LogP contribution in [0.25, 0.3) is 21.9 Å². The van der Waals surface area contributed by atoms with E-state index in [0.29, 0.717) is 5.69 Å². The highest BCUT2D eigenvalue weighted by Gasteiger charge is 2.43. The third-order valence-electron chi connectivity index (χ3n) is 6.46. The van der Waals surface area contributed by atoms with Gasteiger partial charge in [0, 0.05) is 48.5 Å². The number of anilines is 2. The Morgan fingerprint density at radius 3 is 2.50 bits per heavy atom. The van der Waals surface area contributed by atoms with E-state index in [9.17, 15) is 13.6 Å². The summed E-state index contributed by atoms with van der Waals surface area (Å²) in [4.78, 5) is 19.7. The molecule has 1 aromatic heterocycles. The summed E-state index contributed by atoms with van der Waals surface area (Å²) in [6.45, 7) is 4.09. The number of pyridine rings is 1. The second-order valence-corrected chi connectivity index (χ2v) is 9.04. The van der Waals surface area contributed by atoms with E-state index >= 15 is 0 Å². The van der Waals surface area contributed by atoms with Gasteiger partial charge in [0.15, 0.2) is 11.5 Å². The average molecular weight is 519 g/mol. The lowest BCUT2D eigenvalue weighted by Crippen LogP contribution is -2.35. The minimum atomic E-state index is -3.72. The molecule has 3 heterocycles. The van der Waals surface area contributed by atoms with Gasteiger partial charge in [0.2, 0.25) is 0 Å². The van der Waals surface area contributed by atoms with Crippen LogP contribution in [-0.2, 0) is 11.3 Å². The second kappa shape index (κ2) is 9.88. The maximum atomic E-state index is 13.3. The van der Waals surface area contributed by atoms with E-state index in [1.165, 1.54) is 18.2 Å². The third-order valence-corrected chi connectivity index (χ3v) is 6.46. The number of ether oxygens (including phenoxy) is 3. The minimum absolute atomic E-state index is 0.0915. The number of hydrogen-bond donors (Lipinski definition) is 2. The van der Waals surface area contributed by atoms with Crippen molar-refractivity contribution in [2.75, 3.05) is 36.9 Å². The Balaban J connectivity index is 1.19. The first kappa shape index (κ1) is 24.1. The minimum Gasteiger partial charge on any atom is -0.395 e. The van der Waals surface area contributed by atoms with Gasteiger partial charge in [-0.1, -0.05) is 36.4 Å². The SMILES string of the molecule is O=C(Nc1ccc2c(c1)OC(F)(F)O2)Nc1ccc(-c2ccc(CN3CCOCC3)nc2)c2ccccc12. The lowest BCUT2D eigenvalue weighted by atomic mass is 9.98. The van der Waals surface area contributed by atoms with Crippen LogP contribution in [0.3, 0.4) is 0 Å². The Labute approximate surface area is 217 Å². The van der Waals surface area contributed by atoms with Crippen molar-refractivity contribution in [1.29, 1.82) is 0 Å². The molecule has 2 aliphatic heterocycles. The van der Waals surface area contributed by atoms with Crippen molar-refractivity contribution in [2.24, 2.45) is 0 Å². The fourth-order valence-corrected chi connectivity index (χ4v) is 4.64. The first-order chi connectivity index (χ1) is 18.4. The Morgan fingerprint density at radius 2 is 1.71 bits per heavy atom. The number of nitrogens with one attached hydrogen (secondary N) is 2. The summed E-state index contributed by atoms with van der Waals surface area (Å²) in [6.07, 6.45) is -1.84. The van der Waals surface area contributed by atoms with Crippen LogP contribution in [0.15, 0.2) is 72.9 Å². The largest absolute Gasteiger partial charge is 0.586 e. The predicted octanol–water partition coefficient (Wildman–Crippen LogP) is 5.70. The van der Waals surface area contributed by atoms with Crippen molar-refractivity contribution in [2.45, 2.75) is 12.8 Å². The van der Waals surface area contributed by atoms with Gasteiger partial charge in [-0.3, -0.25) is 9.88 Å². The van der Waals surface area contributed by atoms with Gasteiger partial charge in [-0.25, -0.2) is 4.79 Å². The molecular formula is C28H24F2N4O4. The quantitative estimate of drug-likeness (QED) is 0.353. The van der Waals surface area contributed by atoms with Gasteiger partial charge < -0.3 is 24.8 Å². The number of nitrogens with zero attached hydrogens (tertiary/aromatic N) is 2. The number of morpholine rings is 1. The molecule has 38 heavy (non-hydrogen) atoms. The average Bonchev–Trinajstić information content (AvgIpc) is 3.23. The van der Waals surface area contributed by atoms with Gasteiger partial charge in [0.05, 0.1) is 24.6 Å². The van der Waals surface area contributed by atoms with E-state index in [-0.39, 0.29) is 17.2 Å². The van der Waals surface area contributed by atoms with E-state index in [1.807, 2.05) is 48.7 Å². The molecule has 6 rings (SSSR count). The Hall–Kier alpha value is -4.28. The predicted molar refractivity (Wildman–Crippen MR) is 139 cm³/mol. The zero-order chi connectivity index (χ0) is 26.1. The van der Waals surface area contributed by atoms with Crippen molar-refractivity contribution in [1.82, 2.24) is 9.88 Å². The molecule has 3 aromatic carbocycles. The van der Waals surface area contributed by atoms with E-state index in [0.717, 1.165) is 60.4 Å². The molecule has 0 bridgehead atoms. The van der Waals surface area contributed by atoms with E-state index < -0.39 is 12.3 Å². The van der Waals surface area contributed by atoms with Crippen LogP contribution in [-0.4, -0.2) is 48.5 Å². The molecule has 0 spiro atoms. The summed E-state index contributed by atoms with van der Waals surface area (Å²) in [7, 11) is 0. The number of rotatable bonds is 5. The van der Waals surface area contributed by atoms with Gasteiger partial charge in [-0.2, -0.15) is 0 Å². The molecule has 2 amide bonds. The third kappa shape index (κ3) is 5.09. The summed E-state index contributed by atoms with van der Waals surface area (Å²) in [5.41, 5.74) is 3.86. The number of carbonyl (C=O) groups is 1. The summed E-state index contributed by atoms with van der Waals surface area (Å²) in [5, 5.41) is 7.30. The second-order valence-electron chi connectivity index (χ2n) is 9.04. The maximum Gasteiger partial charge on any atom is 0.586 e. The molecule has 1 fully saturated rings. The van der Waals surface area contributed by atoms with Crippen molar-refractivity contribution >= 4 is 28.2 Å². The number of alkyl halides is 2. The first-order valence-corrected chi connectivity index (χ1v) is 12.2. The summed E-state index contributed by atoms with van der Waals surface area (Å²) in [5.74, 6) is -0.238.